The van der Waals surface area contributed by atoms with Gasteiger partial charge in [-0.05, 0) is 151 Å². The molecule has 1 aliphatic carbocycles. The molecule has 47 heteroatoms. The van der Waals surface area contributed by atoms with Crippen molar-refractivity contribution in [2.45, 2.75) is 130 Å². The number of piperidine rings is 4. The summed E-state index contributed by atoms with van der Waals surface area (Å²) in [6, 6.07) is 19.9. The zero-order valence-electron chi connectivity index (χ0n) is 81.0. The summed E-state index contributed by atoms with van der Waals surface area (Å²) < 4.78 is 126. The zero-order chi connectivity index (χ0) is 104. The predicted octanol–water partition coefficient (Wildman–Crippen LogP) is 14.9. The van der Waals surface area contributed by atoms with Crippen molar-refractivity contribution in [1.29, 1.82) is 0 Å². The Morgan fingerprint density at radius 2 is 0.678 bits per heavy atom. The van der Waals surface area contributed by atoms with Gasteiger partial charge in [-0.2, -0.15) is 38.4 Å². The fourth-order valence-electron chi connectivity index (χ4n) is 17.9. The predicted molar refractivity (Wildman–Crippen MR) is 529 cm³/mol. The lowest BCUT2D eigenvalue weighted by Gasteiger charge is -2.46. The quantitative estimate of drug-likeness (QED) is 0.0548. The summed E-state index contributed by atoms with van der Waals surface area (Å²) in [7, 11) is -1.73. The van der Waals surface area contributed by atoms with Gasteiger partial charge in [0, 0.05) is 160 Å². The van der Waals surface area contributed by atoms with Crippen LogP contribution in [-0.2, 0) is 71.5 Å². The number of carbonyl (C=O) groups excluding carboxylic acids is 11. The van der Waals surface area contributed by atoms with Gasteiger partial charge < -0.3 is 82.2 Å². The second-order valence-electron chi connectivity index (χ2n) is 37.9. The number of nitrogens with one attached hydrogen (secondary N) is 1. The van der Waals surface area contributed by atoms with Crippen LogP contribution in [0.3, 0.4) is 0 Å². The number of amides is 3. The Hall–Kier alpha value is -12.2. The molecule has 146 heavy (non-hydrogen) atoms. The summed E-state index contributed by atoms with van der Waals surface area (Å²) in [5, 5.41) is 28.4. The fraction of sp³-hybridized carbons (Fsp3) is 0.444. The normalized spacial score (nSPS) is 21.4. The van der Waals surface area contributed by atoms with Gasteiger partial charge in [-0.25, -0.2) is 71.8 Å². The number of benzene rings is 4. The van der Waals surface area contributed by atoms with Crippen molar-refractivity contribution in [1.82, 2.24) is 59.9 Å². The highest BCUT2D eigenvalue weighted by atomic mass is 79.9. The van der Waals surface area contributed by atoms with Crippen molar-refractivity contribution >= 4 is 170 Å². The molecule has 4 aromatic carbocycles. The number of likely N-dealkylation sites (tertiary alicyclic amines) is 3. The maximum absolute atomic E-state index is 14.7. The van der Waals surface area contributed by atoms with Crippen LogP contribution in [0, 0.1) is 98.3 Å². The molecular weight excluding hydrogens is 2070 g/mol. The van der Waals surface area contributed by atoms with Crippen LogP contribution in [-0.4, -0.2) is 261 Å². The van der Waals surface area contributed by atoms with Gasteiger partial charge in [0.2, 0.25) is 23.5 Å². The van der Waals surface area contributed by atoms with Crippen LogP contribution in [0.2, 0.25) is 0 Å². The molecule has 8 saturated heterocycles. The molecule has 9 fully saturated rings. The average molecular weight is 2180 g/mol. The molecule has 8 bridgehead atoms. The van der Waals surface area contributed by atoms with Gasteiger partial charge in [-0.3, -0.25) is 0 Å². The third-order valence-corrected chi connectivity index (χ3v) is 29.4. The number of fused-ring (bicyclic) bond motifs is 12. The topological polar surface area (TPSA) is 455 Å². The summed E-state index contributed by atoms with van der Waals surface area (Å²) >= 11 is 9.46. The first-order chi connectivity index (χ1) is 69.4. The van der Waals surface area contributed by atoms with Crippen LogP contribution in [0.4, 0.5) is 31.9 Å². The third-order valence-electron chi connectivity index (χ3n) is 24.7. The largest absolute Gasteiger partial charge is 0.491 e. The number of aromatic nitrogens is 8. The van der Waals surface area contributed by atoms with Crippen LogP contribution < -0.4 is 29.7 Å². The Kier molecular flexibility index (Phi) is 39.3. The van der Waals surface area contributed by atoms with Crippen molar-refractivity contribution in [3.63, 3.8) is 0 Å². The number of carbonyl (C=O) groups is 3. The van der Waals surface area contributed by atoms with Gasteiger partial charge in [0.25, 0.3) is 0 Å². The minimum Gasteiger partial charge on any atom is -0.472 e. The number of thiophene rings is 4. The first-order valence-corrected chi connectivity index (χ1v) is 50.3. The van der Waals surface area contributed by atoms with Crippen molar-refractivity contribution in [2.75, 3.05) is 105 Å². The highest BCUT2D eigenvalue weighted by Crippen LogP contribution is 2.47. The summed E-state index contributed by atoms with van der Waals surface area (Å²) in [4.78, 5) is 143. The Balaban J connectivity index is 0.000000162. The second kappa shape index (κ2) is 51.0. The minimum absolute atomic E-state index is 0. The fourth-order valence-corrected chi connectivity index (χ4v) is 22.3. The lowest BCUT2D eigenvalue weighted by atomic mass is 9.79. The molecule has 12 aromatic rings. The summed E-state index contributed by atoms with van der Waals surface area (Å²) in [6.07, 6.45) is 7.74. The molecule has 8 aromatic heterocycles. The molecule has 8 atom stereocenters. The molecule has 0 spiro atoms. The number of hydrogen-bond donors (Lipinski definition) is 3. The van der Waals surface area contributed by atoms with Crippen molar-refractivity contribution < 1.29 is 132 Å². The van der Waals surface area contributed by atoms with Gasteiger partial charge in [0.15, 0.2) is 0 Å². The molecular formula is C99H105BBrClF4N12O24S4. The minimum atomic E-state index is -1.73. The number of halogens is 6. The third kappa shape index (κ3) is 28.4. The Morgan fingerprint density at radius 3 is 0.966 bits per heavy atom. The number of aryl methyl sites for hydroxylation is 4. The Bertz CT molecular complexity index is 6430. The van der Waals surface area contributed by atoms with Crippen LogP contribution >= 0.6 is 73.7 Å². The van der Waals surface area contributed by atoms with E-state index in [2.05, 4.69) is 61.1 Å². The molecule has 8 aliphatic heterocycles. The van der Waals surface area contributed by atoms with Gasteiger partial charge in [-0.15, -0.1) is 57.8 Å². The van der Waals surface area contributed by atoms with E-state index in [1.165, 1.54) is 83.6 Å². The van der Waals surface area contributed by atoms with E-state index in [-0.39, 0.29) is 144 Å². The smallest absolute Gasteiger partial charge is 0.472 e. The van der Waals surface area contributed by atoms with Gasteiger partial charge in [-0.1, -0.05) is 48.5 Å². The van der Waals surface area contributed by atoms with E-state index in [4.69, 9.17) is 101 Å². The Morgan fingerprint density at radius 1 is 0.411 bits per heavy atom. The molecule has 3 amide bonds. The van der Waals surface area contributed by atoms with E-state index >= 15 is 0 Å². The number of nitrogens with zero attached hydrogens (tertiary/aromatic N) is 11. The van der Waals surface area contributed by atoms with Crippen molar-refractivity contribution in [3.8, 4) is 56.9 Å². The lowest BCUT2D eigenvalue weighted by molar-refractivity contribution is -0.193. The van der Waals surface area contributed by atoms with E-state index in [0.29, 0.717) is 155 Å². The van der Waals surface area contributed by atoms with Gasteiger partial charge in [0.1, 0.15) is 114 Å². The highest BCUT2D eigenvalue weighted by molar-refractivity contribution is 9.10. The summed E-state index contributed by atoms with van der Waals surface area (Å²) in [5.74, 6) is 1.64. The first kappa shape index (κ1) is 113. The SMILES string of the molecule is CC(C)(C)OC(=O)N1CC2COCC(C1)C2Oc1ncnc2c(Br)csc12.Cc1ccc(-c2csc3c(OC4C5CNCC4COC5)ncnc23)c(F)c1.Cc1ccc(-c2csc3c(OC4C5COCC4CN(C(=O)OC(C)(C)C)C5)ncnc23)c(F)c1.Cc1ccc(-c2csc3c(OC4C5COCC4CN(C(=O)OC4(C)CC4)C5)ncnc23)c(F)c1.Cc1ccc(B(O)O)c(F)c1.Cl.O=C=O.O=C=O.O=C=O.O=C=O. The molecule has 3 N–H and O–H groups in total. The molecule has 16 heterocycles. The van der Waals surface area contributed by atoms with E-state index in [9.17, 15) is 31.9 Å². The maximum atomic E-state index is 14.7. The highest BCUT2D eigenvalue weighted by Gasteiger charge is 2.50. The summed E-state index contributed by atoms with van der Waals surface area (Å²) in [6.45, 7) is 30.0. The average Bonchev–Trinajstić information content (AvgIpc) is 1.52. The molecule has 21 rings (SSSR count). The Labute approximate surface area is 866 Å². The lowest BCUT2D eigenvalue weighted by Crippen LogP contribution is -2.59. The zero-order valence-corrected chi connectivity index (χ0v) is 86.7. The molecule has 774 valence electrons. The molecule has 0 radical (unpaired) electrons. The monoisotopic (exact) mass is 2170 g/mol. The number of hydrogen-bond acceptors (Lipinski definition) is 37. The van der Waals surface area contributed by atoms with Crippen LogP contribution in [0.1, 0.15) is 83.6 Å². The molecule has 9 aliphatic rings. The maximum Gasteiger partial charge on any atom is 0.491 e. The molecule has 36 nitrogen and oxygen atoms in total. The van der Waals surface area contributed by atoms with Gasteiger partial charge >= 0.3 is 50.0 Å². The van der Waals surface area contributed by atoms with E-state index in [1.54, 1.807) is 57.2 Å². The number of ether oxygens (including phenoxy) is 11. The van der Waals surface area contributed by atoms with Crippen molar-refractivity contribution in [3.05, 3.63) is 170 Å². The van der Waals surface area contributed by atoms with Gasteiger partial charge in [0.05, 0.1) is 73.9 Å². The number of rotatable bonds is 13. The molecule has 8 unspecified atom stereocenters. The van der Waals surface area contributed by atoms with Crippen LogP contribution in [0.25, 0.3) is 74.2 Å². The first-order valence-electron chi connectivity index (χ1n) is 45.9. The van der Waals surface area contributed by atoms with Crippen LogP contribution in [0.5, 0.6) is 23.5 Å². The van der Waals surface area contributed by atoms with Crippen LogP contribution in [0.15, 0.2) is 124 Å². The van der Waals surface area contributed by atoms with E-state index < -0.39 is 24.1 Å². The van der Waals surface area contributed by atoms with E-state index in [1.807, 2.05) is 115 Å². The summed E-state index contributed by atoms with van der Waals surface area (Å²) in [5.41, 5.74) is 8.74. The standard InChI is InChI=1S/C25H26FN3O4S.C25H28FN3O4S.C20H20FN3O2S.C18H22BrN3O4S.C7H8BFO2.4CO2.ClH/c1-14-3-4-17(19(26)7-14)18-12-34-22-20(18)27-13-28-23(22)32-21-15-8-29(9-16(21)11-31-10-15)24(30)33-25(2)5-6-25;1-14-5-6-17(19(26)7-14)18-12-34-22-20(18)27-13-28-23(22)32-21-15-8-29(9-16(21)11-31-10-15)24(30)33-25(2,3)4;1-11-2-3-14(16(21)4-11)15-9-27-19-17(15)23-10-24-20(19)26-18-12-5-22-6-13(18)8-25-7-12;1-18(2,3)26-17(23)22-4-10-6-24-7-11(5-22)14(10)25-16-15-13(20-9-21-16)12(19)8-27-15;1-5-2-3-6(8(10)11)7(9)4-5;4*2-1-3;/h3-4,7,12-13,15-16,21H,5-6,8-11H2,1-2H3;5-7,12-13,15-16,21H,8-11H2,1-4H3;2-4,9-10,12-13,18,22H,5-8H2,1H3;8-11,14H,4-7H2,1-3H3;2-4,10-11H,1H3;;;;;1H. The van der Waals surface area contributed by atoms with Crippen molar-refractivity contribution in [2.24, 2.45) is 47.3 Å². The van der Waals surface area contributed by atoms with E-state index in [0.717, 1.165) is 99.2 Å². The second-order valence-corrected chi connectivity index (χ2v) is 42.2. The molecule has 1 saturated carbocycles.